The summed E-state index contributed by atoms with van der Waals surface area (Å²) in [5.41, 5.74) is 0.447. The van der Waals surface area contributed by atoms with Gasteiger partial charge in [-0.05, 0) is 51.1 Å². The van der Waals surface area contributed by atoms with E-state index in [1.54, 1.807) is 12.1 Å². The van der Waals surface area contributed by atoms with E-state index in [9.17, 15) is 4.39 Å². The molecule has 2 nitrogen and oxygen atoms in total. The number of ether oxygens (including phenoxy) is 1. The zero-order chi connectivity index (χ0) is 15.5. The maximum absolute atomic E-state index is 14.1. The van der Waals surface area contributed by atoms with Gasteiger partial charge in [0.15, 0.2) is 0 Å². The zero-order valence-corrected chi connectivity index (χ0v) is 14.0. The molecular formula is C17H19BrFNO. The summed E-state index contributed by atoms with van der Waals surface area (Å²) in [5.74, 6) is 0.941. The molecule has 0 bridgehead atoms. The first-order valence-electron chi connectivity index (χ1n) is 6.81. The summed E-state index contributed by atoms with van der Waals surface area (Å²) >= 11 is 3.40. The highest BCUT2D eigenvalue weighted by molar-refractivity contribution is 9.10. The largest absolute Gasteiger partial charge is 0.457 e. The van der Waals surface area contributed by atoms with E-state index in [1.807, 2.05) is 45.0 Å². The van der Waals surface area contributed by atoms with Gasteiger partial charge in [-0.2, -0.15) is 0 Å². The second-order valence-electron chi connectivity index (χ2n) is 5.88. The second kappa shape index (κ2) is 6.58. The van der Waals surface area contributed by atoms with Crippen molar-refractivity contribution < 1.29 is 9.13 Å². The topological polar surface area (TPSA) is 21.3 Å². The van der Waals surface area contributed by atoms with Gasteiger partial charge >= 0.3 is 0 Å². The summed E-state index contributed by atoms with van der Waals surface area (Å²) in [4.78, 5) is 0. The molecule has 112 valence electrons. The molecule has 1 N–H and O–H groups in total. The normalized spacial score (nSPS) is 11.5. The predicted octanol–water partition coefficient (Wildman–Crippen LogP) is 5.27. The van der Waals surface area contributed by atoms with Crippen LogP contribution in [0.4, 0.5) is 4.39 Å². The number of nitrogens with one attached hydrogen (secondary N) is 1. The highest BCUT2D eigenvalue weighted by atomic mass is 79.9. The average molecular weight is 352 g/mol. The Bertz CT molecular complexity index is 622. The van der Waals surface area contributed by atoms with Gasteiger partial charge in [-0.3, -0.25) is 0 Å². The van der Waals surface area contributed by atoms with Crippen molar-refractivity contribution in [2.24, 2.45) is 0 Å². The number of halogens is 2. The van der Waals surface area contributed by atoms with E-state index in [1.165, 1.54) is 6.07 Å². The van der Waals surface area contributed by atoms with Gasteiger partial charge in [0.2, 0.25) is 0 Å². The van der Waals surface area contributed by atoms with Gasteiger partial charge in [-0.25, -0.2) is 4.39 Å². The molecule has 2 aromatic carbocycles. The van der Waals surface area contributed by atoms with E-state index in [0.29, 0.717) is 23.6 Å². The summed E-state index contributed by atoms with van der Waals surface area (Å²) in [6, 6.07) is 12.4. The Balaban J connectivity index is 2.25. The van der Waals surface area contributed by atoms with Crippen molar-refractivity contribution in [3.63, 3.8) is 0 Å². The molecule has 0 heterocycles. The molecule has 2 aromatic rings. The zero-order valence-electron chi connectivity index (χ0n) is 12.4. The molecule has 21 heavy (non-hydrogen) atoms. The lowest BCUT2D eigenvalue weighted by molar-refractivity contribution is 0.406. The molecule has 0 saturated carbocycles. The SMILES string of the molecule is CC(C)(C)NCc1c(F)cccc1Oc1cccc(Br)c1. The van der Waals surface area contributed by atoms with E-state index < -0.39 is 0 Å². The molecule has 2 rings (SSSR count). The van der Waals surface area contributed by atoms with Crippen LogP contribution in [0.3, 0.4) is 0 Å². The fourth-order valence-electron chi connectivity index (χ4n) is 1.82. The minimum Gasteiger partial charge on any atom is -0.457 e. The molecule has 0 atom stereocenters. The lowest BCUT2D eigenvalue weighted by Crippen LogP contribution is -2.35. The first-order chi connectivity index (χ1) is 9.85. The smallest absolute Gasteiger partial charge is 0.134 e. The van der Waals surface area contributed by atoms with Crippen LogP contribution in [0.15, 0.2) is 46.9 Å². The Hall–Kier alpha value is -1.39. The van der Waals surface area contributed by atoms with Crippen LogP contribution >= 0.6 is 15.9 Å². The van der Waals surface area contributed by atoms with Crippen LogP contribution in [0.5, 0.6) is 11.5 Å². The Morgan fingerprint density at radius 2 is 1.86 bits per heavy atom. The molecule has 0 fully saturated rings. The molecule has 0 saturated heterocycles. The molecule has 0 aliphatic heterocycles. The monoisotopic (exact) mass is 351 g/mol. The van der Waals surface area contributed by atoms with Crippen molar-refractivity contribution in [3.8, 4) is 11.5 Å². The molecule has 0 aliphatic carbocycles. The van der Waals surface area contributed by atoms with Crippen molar-refractivity contribution in [2.75, 3.05) is 0 Å². The minimum atomic E-state index is -0.265. The highest BCUT2D eigenvalue weighted by Crippen LogP contribution is 2.29. The van der Waals surface area contributed by atoms with Crippen LogP contribution in [-0.4, -0.2) is 5.54 Å². The first-order valence-corrected chi connectivity index (χ1v) is 7.60. The third-order valence-electron chi connectivity index (χ3n) is 2.90. The van der Waals surface area contributed by atoms with Crippen molar-refractivity contribution in [1.29, 1.82) is 0 Å². The fraction of sp³-hybridized carbons (Fsp3) is 0.294. The Kier molecular flexibility index (Phi) is 5.01. The van der Waals surface area contributed by atoms with Gasteiger partial charge in [0.1, 0.15) is 17.3 Å². The quantitative estimate of drug-likeness (QED) is 0.810. The lowest BCUT2D eigenvalue weighted by atomic mass is 10.1. The van der Waals surface area contributed by atoms with Gasteiger partial charge in [-0.15, -0.1) is 0 Å². The summed E-state index contributed by atoms with van der Waals surface area (Å²) in [7, 11) is 0. The molecule has 0 amide bonds. The maximum atomic E-state index is 14.1. The third kappa shape index (κ3) is 4.83. The minimum absolute atomic E-state index is 0.0880. The van der Waals surface area contributed by atoms with Crippen LogP contribution in [0.1, 0.15) is 26.3 Å². The van der Waals surface area contributed by atoms with Crippen LogP contribution in [-0.2, 0) is 6.54 Å². The summed E-state index contributed by atoms with van der Waals surface area (Å²) in [6.07, 6.45) is 0. The van der Waals surface area contributed by atoms with Crippen molar-refractivity contribution in [3.05, 3.63) is 58.3 Å². The Labute approximate surface area is 133 Å². The molecule has 0 spiro atoms. The van der Waals surface area contributed by atoms with E-state index in [2.05, 4.69) is 21.2 Å². The Morgan fingerprint density at radius 1 is 1.14 bits per heavy atom. The van der Waals surface area contributed by atoms with Gasteiger partial charge in [0.25, 0.3) is 0 Å². The van der Waals surface area contributed by atoms with Crippen LogP contribution in [0, 0.1) is 5.82 Å². The van der Waals surface area contributed by atoms with Gasteiger partial charge < -0.3 is 10.1 Å². The van der Waals surface area contributed by atoms with Crippen LogP contribution in [0.25, 0.3) is 0 Å². The van der Waals surface area contributed by atoms with E-state index in [-0.39, 0.29) is 11.4 Å². The van der Waals surface area contributed by atoms with Crippen LogP contribution in [0.2, 0.25) is 0 Å². The molecular weight excluding hydrogens is 333 g/mol. The van der Waals surface area contributed by atoms with E-state index >= 15 is 0 Å². The van der Waals surface area contributed by atoms with Crippen LogP contribution < -0.4 is 10.1 Å². The highest BCUT2D eigenvalue weighted by Gasteiger charge is 2.14. The number of hydrogen-bond donors (Lipinski definition) is 1. The maximum Gasteiger partial charge on any atom is 0.134 e. The lowest BCUT2D eigenvalue weighted by Gasteiger charge is -2.22. The number of rotatable bonds is 4. The summed E-state index contributed by atoms with van der Waals surface area (Å²) in [6.45, 7) is 6.55. The number of benzene rings is 2. The Morgan fingerprint density at radius 3 is 2.52 bits per heavy atom. The standard InChI is InChI=1S/C17H19BrFNO/c1-17(2,3)20-11-14-15(19)8-5-9-16(14)21-13-7-4-6-12(18)10-13/h4-10,20H,11H2,1-3H3. The van der Waals surface area contributed by atoms with E-state index in [0.717, 1.165) is 4.47 Å². The third-order valence-corrected chi connectivity index (χ3v) is 3.39. The molecule has 0 unspecified atom stereocenters. The second-order valence-corrected chi connectivity index (χ2v) is 6.80. The molecule has 0 aliphatic rings. The molecule has 4 heteroatoms. The van der Waals surface area contributed by atoms with Gasteiger partial charge in [0.05, 0.1) is 0 Å². The fourth-order valence-corrected chi connectivity index (χ4v) is 2.20. The predicted molar refractivity (Wildman–Crippen MR) is 87.2 cm³/mol. The molecule has 0 radical (unpaired) electrons. The van der Waals surface area contributed by atoms with Crippen molar-refractivity contribution >= 4 is 15.9 Å². The molecule has 0 aromatic heterocycles. The average Bonchev–Trinajstić information content (AvgIpc) is 2.37. The van der Waals surface area contributed by atoms with Crippen molar-refractivity contribution in [1.82, 2.24) is 5.32 Å². The van der Waals surface area contributed by atoms with Gasteiger partial charge in [0, 0.05) is 22.1 Å². The van der Waals surface area contributed by atoms with Gasteiger partial charge in [-0.1, -0.05) is 28.1 Å². The number of hydrogen-bond acceptors (Lipinski definition) is 2. The van der Waals surface area contributed by atoms with E-state index in [4.69, 9.17) is 4.74 Å². The van der Waals surface area contributed by atoms with Crippen molar-refractivity contribution in [2.45, 2.75) is 32.9 Å². The first kappa shape index (κ1) is 16.0. The summed E-state index contributed by atoms with van der Waals surface area (Å²) in [5, 5.41) is 3.29. The summed E-state index contributed by atoms with van der Waals surface area (Å²) < 4.78 is 20.8.